The van der Waals surface area contributed by atoms with Crippen molar-refractivity contribution < 1.29 is 19.4 Å². The molecule has 0 spiro atoms. The van der Waals surface area contributed by atoms with E-state index in [2.05, 4.69) is 9.97 Å². The standard InChI is InChI=1S/C25H19N3O4S/c1-14-3-5-15(6-4-14)21-20(22(29)16-9-11-26-12-10-16)23(30)24(31)28(21)25-27-18-8-7-17(32-2)13-19(18)33-25/h3-13,21,29H,1-2H3/b22-20+. The monoisotopic (exact) mass is 457 g/mol. The van der Waals surface area contributed by atoms with Gasteiger partial charge >= 0.3 is 5.91 Å². The molecule has 0 radical (unpaired) electrons. The Morgan fingerprint density at radius 3 is 2.48 bits per heavy atom. The van der Waals surface area contributed by atoms with Gasteiger partial charge in [0.25, 0.3) is 5.78 Å². The van der Waals surface area contributed by atoms with Crippen LogP contribution in [0.15, 0.2) is 72.6 Å². The number of rotatable bonds is 4. The average molecular weight is 458 g/mol. The van der Waals surface area contributed by atoms with Crippen molar-refractivity contribution in [3.8, 4) is 5.75 Å². The van der Waals surface area contributed by atoms with Crippen molar-refractivity contribution in [1.82, 2.24) is 9.97 Å². The number of nitrogens with zero attached hydrogens (tertiary/aromatic N) is 3. The number of methoxy groups -OCH3 is 1. The number of carbonyl (C=O) groups is 2. The van der Waals surface area contributed by atoms with E-state index in [4.69, 9.17) is 4.74 Å². The first-order chi connectivity index (χ1) is 16.0. The van der Waals surface area contributed by atoms with Crippen molar-refractivity contribution in [2.45, 2.75) is 13.0 Å². The molecule has 33 heavy (non-hydrogen) atoms. The Labute approximate surface area is 193 Å². The van der Waals surface area contributed by atoms with Crippen LogP contribution in [0.5, 0.6) is 5.75 Å². The number of benzene rings is 2. The number of hydrogen-bond acceptors (Lipinski definition) is 7. The van der Waals surface area contributed by atoms with Gasteiger partial charge in [-0.05, 0) is 42.8 Å². The average Bonchev–Trinajstić information content (AvgIpc) is 3.37. The predicted molar refractivity (Wildman–Crippen MR) is 126 cm³/mol. The number of thiazole rings is 1. The zero-order valence-corrected chi connectivity index (χ0v) is 18.7. The van der Waals surface area contributed by atoms with Gasteiger partial charge < -0.3 is 9.84 Å². The minimum absolute atomic E-state index is 0.0203. The van der Waals surface area contributed by atoms with Gasteiger partial charge in [-0.25, -0.2) is 4.98 Å². The van der Waals surface area contributed by atoms with Crippen LogP contribution in [0.1, 0.15) is 22.7 Å². The molecule has 2 aromatic carbocycles. The number of amides is 1. The summed E-state index contributed by atoms with van der Waals surface area (Å²) in [5, 5.41) is 11.5. The highest BCUT2D eigenvalue weighted by Gasteiger charge is 2.48. The van der Waals surface area contributed by atoms with Crippen LogP contribution in [-0.4, -0.2) is 33.9 Å². The third-order valence-corrected chi connectivity index (χ3v) is 6.60. The molecule has 1 aliphatic heterocycles. The third-order valence-electron chi connectivity index (χ3n) is 5.58. The number of hydrogen-bond donors (Lipinski definition) is 1. The molecule has 1 fully saturated rings. The zero-order valence-electron chi connectivity index (χ0n) is 17.9. The molecule has 3 heterocycles. The lowest BCUT2D eigenvalue weighted by Gasteiger charge is -2.23. The van der Waals surface area contributed by atoms with Gasteiger partial charge in [0.05, 0.1) is 28.9 Å². The molecule has 1 unspecified atom stereocenters. The van der Waals surface area contributed by atoms with Crippen molar-refractivity contribution in [2.24, 2.45) is 0 Å². The molecule has 1 atom stereocenters. The molecular formula is C25H19N3O4S. The van der Waals surface area contributed by atoms with Gasteiger partial charge in [-0.2, -0.15) is 0 Å². The van der Waals surface area contributed by atoms with Crippen LogP contribution in [0.2, 0.25) is 0 Å². The Morgan fingerprint density at radius 2 is 1.79 bits per heavy atom. The fourth-order valence-electron chi connectivity index (χ4n) is 3.88. The highest BCUT2D eigenvalue weighted by molar-refractivity contribution is 7.22. The molecule has 0 bridgehead atoms. The Hall–Kier alpha value is -4.04. The van der Waals surface area contributed by atoms with Crippen molar-refractivity contribution >= 4 is 44.1 Å². The molecule has 1 amide bonds. The van der Waals surface area contributed by atoms with Crippen molar-refractivity contribution in [3.05, 3.63) is 89.3 Å². The topological polar surface area (TPSA) is 92.6 Å². The van der Waals surface area contributed by atoms with Crippen molar-refractivity contribution in [3.63, 3.8) is 0 Å². The first-order valence-corrected chi connectivity index (χ1v) is 11.0. The smallest absolute Gasteiger partial charge is 0.301 e. The fraction of sp³-hybridized carbons (Fsp3) is 0.120. The Morgan fingerprint density at radius 1 is 1.06 bits per heavy atom. The Balaban J connectivity index is 1.72. The Kier molecular flexibility index (Phi) is 5.14. The van der Waals surface area contributed by atoms with E-state index in [1.54, 1.807) is 25.3 Å². The van der Waals surface area contributed by atoms with Gasteiger partial charge in [-0.1, -0.05) is 41.2 Å². The highest BCUT2D eigenvalue weighted by atomic mass is 32.1. The minimum atomic E-state index is -0.818. The molecule has 8 heteroatoms. The van der Waals surface area contributed by atoms with Crippen LogP contribution >= 0.6 is 11.3 Å². The largest absolute Gasteiger partial charge is 0.507 e. The summed E-state index contributed by atoms with van der Waals surface area (Å²) in [6.45, 7) is 1.96. The van der Waals surface area contributed by atoms with E-state index in [-0.39, 0.29) is 11.3 Å². The second kappa shape index (κ2) is 8.14. The number of Topliss-reactive ketones (excluding diaryl/α,β-unsaturated/α-hetero) is 1. The van der Waals surface area contributed by atoms with Crippen LogP contribution in [0, 0.1) is 6.92 Å². The van der Waals surface area contributed by atoms with E-state index in [0.717, 1.165) is 10.3 Å². The number of aromatic nitrogens is 2. The molecule has 0 saturated carbocycles. The molecule has 1 N–H and O–H groups in total. The summed E-state index contributed by atoms with van der Waals surface area (Å²) < 4.78 is 6.12. The van der Waals surface area contributed by atoms with Crippen LogP contribution < -0.4 is 9.64 Å². The number of aliphatic hydroxyl groups is 1. The molecule has 164 valence electrons. The number of fused-ring (bicyclic) bond motifs is 1. The van der Waals surface area contributed by atoms with Gasteiger partial charge in [0.2, 0.25) is 0 Å². The lowest BCUT2D eigenvalue weighted by Crippen LogP contribution is -2.29. The maximum atomic E-state index is 13.3. The third kappa shape index (κ3) is 3.54. The predicted octanol–water partition coefficient (Wildman–Crippen LogP) is 4.63. The molecule has 5 rings (SSSR count). The molecule has 7 nitrogen and oxygen atoms in total. The second-order valence-corrected chi connectivity index (χ2v) is 8.65. The van der Waals surface area contributed by atoms with E-state index >= 15 is 0 Å². The number of carbonyl (C=O) groups excluding carboxylic acids is 2. The quantitative estimate of drug-likeness (QED) is 0.273. The zero-order chi connectivity index (χ0) is 23.1. The number of pyridine rings is 1. The van der Waals surface area contributed by atoms with E-state index < -0.39 is 17.7 Å². The summed E-state index contributed by atoms with van der Waals surface area (Å²) in [6, 6.07) is 15.3. The summed E-state index contributed by atoms with van der Waals surface area (Å²) in [5.41, 5.74) is 2.86. The van der Waals surface area contributed by atoms with Crippen molar-refractivity contribution in [2.75, 3.05) is 12.0 Å². The van der Waals surface area contributed by atoms with Crippen LogP contribution in [-0.2, 0) is 9.59 Å². The molecular weight excluding hydrogens is 438 g/mol. The fourth-order valence-corrected chi connectivity index (χ4v) is 4.90. The maximum Gasteiger partial charge on any atom is 0.301 e. The molecule has 1 saturated heterocycles. The van der Waals surface area contributed by atoms with Crippen LogP contribution in [0.3, 0.4) is 0 Å². The first-order valence-electron chi connectivity index (χ1n) is 10.2. The number of anilines is 1. The van der Waals surface area contributed by atoms with Gasteiger partial charge in [0.15, 0.2) is 5.13 Å². The normalized spacial score (nSPS) is 17.6. The van der Waals surface area contributed by atoms with E-state index in [1.807, 2.05) is 43.3 Å². The lowest BCUT2D eigenvalue weighted by atomic mass is 9.95. The Bertz CT molecular complexity index is 1410. The molecule has 4 aromatic rings. The highest BCUT2D eigenvalue weighted by Crippen LogP contribution is 2.44. The summed E-state index contributed by atoms with van der Waals surface area (Å²) in [6.07, 6.45) is 3.04. The molecule has 0 aliphatic carbocycles. The van der Waals surface area contributed by atoms with E-state index in [9.17, 15) is 14.7 Å². The van der Waals surface area contributed by atoms with E-state index in [0.29, 0.717) is 27.5 Å². The van der Waals surface area contributed by atoms with Gasteiger partial charge in [-0.3, -0.25) is 19.5 Å². The van der Waals surface area contributed by atoms with Crippen molar-refractivity contribution in [1.29, 1.82) is 0 Å². The summed E-state index contributed by atoms with van der Waals surface area (Å²) >= 11 is 1.29. The summed E-state index contributed by atoms with van der Waals surface area (Å²) in [4.78, 5) is 36.4. The lowest BCUT2D eigenvalue weighted by molar-refractivity contribution is -0.132. The molecule has 2 aromatic heterocycles. The summed E-state index contributed by atoms with van der Waals surface area (Å²) in [5.74, 6) is -1.06. The second-order valence-electron chi connectivity index (χ2n) is 7.65. The van der Waals surface area contributed by atoms with E-state index in [1.165, 1.54) is 28.6 Å². The summed E-state index contributed by atoms with van der Waals surface area (Å²) in [7, 11) is 1.58. The maximum absolute atomic E-state index is 13.3. The number of aliphatic hydroxyl groups excluding tert-OH is 1. The van der Waals surface area contributed by atoms with Gasteiger partial charge in [0.1, 0.15) is 11.5 Å². The van der Waals surface area contributed by atoms with Crippen LogP contribution in [0.25, 0.3) is 16.0 Å². The number of ketones is 1. The van der Waals surface area contributed by atoms with Gasteiger partial charge in [0, 0.05) is 18.0 Å². The van der Waals surface area contributed by atoms with Crippen LogP contribution in [0.4, 0.5) is 5.13 Å². The SMILES string of the molecule is COc1ccc2nc(N3C(=O)C(=O)/C(=C(/O)c4ccncc4)C3c3ccc(C)cc3)sc2c1. The first kappa shape index (κ1) is 20.8. The molecule has 1 aliphatic rings. The minimum Gasteiger partial charge on any atom is -0.507 e. The van der Waals surface area contributed by atoms with Gasteiger partial charge in [-0.15, -0.1) is 0 Å². The number of ether oxygens (including phenoxy) is 1. The number of aryl methyl sites for hydroxylation is 1.